The summed E-state index contributed by atoms with van der Waals surface area (Å²) < 4.78 is -0.312. The number of carboxylic acids is 1. The molecule has 0 unspecified atom stereocenters. The second kappa shape index (κ2) is 7.44. The molecule has 0 aromatic carbocycles. The summed E-state index contributed by atoms with van der Waals surface area (Å²) in [6.45, 7) is 3.81. The standard InChI is InChI=1S/C2H4O2.2C2H3O.Cu/c1-2(3)4;2*1-2-3;/h1H3,(H,3,4);2*1H3;. The van der Waals surface area contributed by atoms with Crippen LogP contribution in [0.2, 0.25) is 0 Å². The molecule has 69 valence electrons. The molecule has 0 aliphatic rings. The molecular weight excluding hydrogens is 200 g/mol. The van der Waals surface area contributed by atoms with E-state index in [0.717, 1.165) is 21.9 Å². The van der Waals surface area contributed by atoms with Crippen molar-refractivity contribution >= 4 is 15.3 Å². The summed E-state index contributed by atoms with van der Waals surface area (Å²) in [4.78, 5) is 29.0. The molecule has 0 amide bonds. The summed E-state index contributed by atoms with van der Waals surface area (Å²) >= 11 is 0.812. The van der Waals surface area contributed by atoms with E-state index in [9.17, 15) is 9.59 Å². The van der Waals surface area contributed by atoms with Crippen LogP contribution in [-0.4, -0.2) is 20.4 Å². The Morgan fingerprint density at radius 2 is 1.18 bits per heavy atom. The molecule has 0 aliphatic heterocycles. The van der Waals surface area contributed by atoms with Crippen molar-refractivity contribution in [1.29, 1.82) is 0 Å². The van der Waals surface area contributed by atoms with Crippen LogP contribution in [0, 0.1) is 0 Å². The van der Waals surface area contributed by atoms with Gasteiger partial charge in [0, 0.05) is 6.92 Å². The van der Waals surface area contributed by atoms with E-state index in [4.69, 9.17) is 9.90 Å². The van der Waals surface area contributed by atoms with Gasteiger partial charge in [-0.25, -0.2) is 0 Å². The molecule has 0 aromatic rings. The molecule has 0 atom stereocenters. The second-order valence-corrected chi connectivity index (χ2v) is 2.99. The van der Waals surface area contributed by atoms with Crippen LogP contribution in [-0.2, 0) is 29.3 Å². The minimum atomic E-state index is -0.833. The van der Waals surface area contributed by atoms with Gasteiger partial charge in [-0.3, -0.25) is 4.79 Å². The van der Waals surface area contributed by atoms with Gasteiger partial charge >= 0.3 is 47.8 Å². The first-order chi connectivity index (χ1) is 4.86. The van der Waals surface area contributed by atoms with Crippen LogP contribution in [0.25, 0.3) is 0 Å². The van der Waals surface area contributed by atoms with Crippen molar-refractivity contribution in [3.8, 4) is 0 Å². The van der Waals surface area contributed by atoms with Gasteiger partial charge in [-0.05, 0) is 0 Å². The van der Waals surface area contributed by atoms with Gasteiger partial charge in [-0.1, -0.05) is 0 Å². The van der Waals surface area contributed by atoms with Gasteiger partial charge in [0.2, 0.25) is 0 Å². The first-order valence-corrected chi connectivity index (χ1v) is 3.58. The SMILES string of the molecule is CC(=O)O.C[C](=O)[Cu][C](C)=O. The molecule has 0 radical (unpaired) electrons. The monoisotopic (exact) mass is 209 g/mol. The zero-order chi connectivity index (χ0) is 9.44. The number of carbonyl (C=O) groups excluding carboxylic acids is 2. The Bertz CT molecular complexity index is 148. The Kier molecular flexibility index (Phi) is 8.76. The van der Waals surface area contributed by atoms with E-state index in [0.29, 0.717) is 0 Å². The quantitative estimate of drug-likeness (QED) is 0.662. The number of aliphatic carboxylic acids is 1. The Morgan fingerprint density at radius 1 is 1.00 bits per heavy atom. The van der Waals surface area contributed by atoms with Crippen molar-refractivity contribution in [2.75, 3.05) is 0 Å². The fraction of sp³-hybridized carbons (Fsp3) is 0.500. The van der Waals surface area contributed by atoms with Gasteiger partial charge in [0.05, 0.1) is 0 Å². The Balaban J connectivity index is 0. The van der Waals surface area contributed by atoms with Gasteiger partial charge in [0.1, 0.15) is 0 Å². The van der Waals surface area contributed by atoms with E-state index >= 15 is 0 Å². The average Bonchev–Trinajstić information content (AvgIpc) is 1.56. The molecule has 0 saturated heterocycles. The van der Waals surface area contributed by atoms with Crippen molar-refractivity contribution in [2.24, 2.45) is 0 Å². The fourth-order valence-electron chi connectivity index (χ4n) is 0.149. The number of carboxylic acid groups (broad SMARTS) is 1. The van der Waals surface area contributed by atoms with Gasteiger partial charge < -0.3 is 5.11 Å². The van der Waals surface area contributed by atoms with Crippen LogP contribution in [0.5, 0.6) is 0 Å². The van der Waals surface area contributed by atoms with E-state index in [-0.39, 0.29) is 9.36 Å². The molecule has 0 aromatic heterocycles. The first-order valence-electron chi connectivity index (χ1n) is 2.64. The normalized spacial score (nSPS) is 7.91. The summed E-state index contributed by atoms with van der Waals surface area (Å²) in [5.74, 6) is -0.833. The van der Waals surface area contributed by atoms with Gasteiger partial charge in [-0.15, -0.1) is 0 Å². The van der Waals surface area contributed by atoms with Gasteiger partial charge in [-0.2, -0.15) is 0 Å². The molecule has 11 heavy (non-hydrogen) atoms. The molecule has 0 rings (SSSR count). The second-order valence-electron chi connectivity index (χ2n) is 1.43. The Morgan fingerprint density at radius 3 is 1.18 bits per heavy atom. The number of hydrogen-bond donors (Lipinski definition) is 1. The molecular formula is C6H10CuO4. The summed E-state index contributed by atoms with van der Waals surface area (Å²) in [5.41, 5.74) is 0. The van der Waals surface area contributed by atoms with Crippen molar-refractivity contribution in [3.63, 3.8) is 0 Å². The maximum atomic E-state index is 9.99. The summed E-state index contributed by atoms with van der Waals surface area (Å²) in [5, 5.41) is 7.42. The molecule has 0 bridgehead atoms. The number of hydrogen-bond acceptors (Lipinski definition) is 3. The molecule has 0 heterocycles. The van der Waals surface area contributed by atoms with Crippen LogP contribution in [0.15, 0.2) is 0 Å². The van der Waals surface area contributed by atoms with Crippen molar-refractivity contribution < 1.29 is 34.4 Å². The van der Waals surface area contributed by atoms with Crippen LogP contribution in [0.3, 0.4) is 0 Å². The molecule has 0 fully saturated rings. The summed E-state index contributed by atoms with van der Waals surface area (Å²) in [6, 6.07) is 0. The predicted octanol–water partition coefficient (Wildman–Crippen LogP) is 0.253. The molecule has 4 nitrogen and oxygen atoms in total. The molecule has 0 spiro atoms. The van der Waals surface area contributed by atoms with Crippen LogP contribution in [0.4, 0.5) is 0 Å². The number of carbonyl (C=O) groups is 3. The van der Waals surface area contributed by atoms with Crippen LogP contribution in [0.1, 0.15) is 20.8 Å². The molecule has 1 N–H and O–H groups in total. The van der Waals surface area contributed by atoms with Crippen molar-refractivity contribution in [3.05, 3.63) is 0 Å². The van der Waals surface area contributed by atoms with Gasteiger partial charge in [0.15, 0.2) is 0 Å². The molecule has 0 aliphatic carbocycles. The van der Waals surface area contributed by atoms with Crippen molar-refractivity contribution in [2.45, 2.75) is 20.8 Å². The first kappa shape index (κ1) is 13.0. The zero-order valence-corrected chi connectivity index (χ0v) is 7.42. The van der Waals surface area contributed by atoms with Crippen LogP contribution >= 0.6 is 0 Å². The van der Waals surface area contributed by atoms with E-state index in [1.807, 2.05) is 0 Å². The van der Waals surface area contributed by atoms with Crippen molar-refractivity contribution in [1.82, 2.24) is 0 Å². The predicted molar refractivity (Wildman–Crippen MR) is 34.7 cm³/mol. The third kappa shape index (κ3) is 45.2. The summed E-state index contributed by atoms with van der Waals surface area (Å²) in [6.07, 6.45) is 0. The Hall–Kier alpha value is -0.671. The van der Waals surface area contributed by atoms with E-state index in [1.54, 1.807) is 0 Å². The topological polar surface area (TPSA) is 71.4 Å². The molecule has 0 saturated carbocycles. The average molecular weight is 210 g/mol. The number of rotatable bonds is 2. The third-order valence-electron chi connectivity index (χ3n) is 0.212. The summed E-state index contributed by atoms with van der Waals surface area (Å²) in [7, 11) is 0. The third-order valence-corrected chi connectivity index (χ3v) is 0.875. The Labute approximate surface area is 71.1 Å². The fourth-order valence-corrected chi connectivity index (χ4v) is 0.616. The van der Waals surface area contributed by atoms with Crippen LogP contribution < -0.4 is 0 Å². The van der Waals surface area contributed by atoms with E-state index in [2.05, 4.69) is 0 Å². The van der Waals surface area contributed by atoms with E-state index < -0.39 is 5.97 Å². The minimum absolute atomic E-state index is 0.156. The zero-order valence-electron chi connectivity index (χ0n) is 6.47. The van der Waals surface area contributed by atoms with Gasteiger partial charge in [0.25, 0.3) is 5.97 Å². The molecule has 5 heteroatoms. The van der Waals surface area contributed by atoms with E-state index in [1.165, 1.54) is 13.8 Å². The maximum absolute atomic E-state index is 9.99.